The van der Waals surface area contributed by atoms with Crippen LogP contribution < -0.4 is 15.4 Å². The smallest absolute Gasteiger partial charge is 0.387 e. The van der Waals surface area contributed by atoms with E-state index in [0.717, 1.165) is 0 Å². The van der Waals surface area contributed by atoms with Crippen LogP contribution in [0.15, 0.2) is 60.7 Å². The van der Waals surface area contributed by atoms with Crippen LogP contribution in [0.3, 0.4) is 0 Å². The molecule has 36 heavy (non-hydrogen) atoms. The van der Waals surface area contributed by atoms with Gasteiger partial charge in [0.25, 0.3) is 5.91 Å². The zero-order valence-electron chi connectivity index (χ0n) is 17.9. The van der Waals surface area contributed by atoms with Crippen molar-refractivity contribution in [2.45, 2.75) is 16.9 Å². The van der Waals surface area contributed by atoms with Crippen LogP contribution in [0.5, 0.6) is 5.75 Å². The van der Waals surface area contributed by atoms with Crippen LogP contribution in [0.25, 0.3) is 0 Å². The van der Waals surface area contributed by atoms with Gasteiger partial charge in [-0.3, -0.25) is 9.59 Å². The number of carbonyl (C=O) groups is 2. The monoisotopic (exact) mass is 592 g/mol. The molecule has 0 aliphatic heterocycles. The summed E-state index contributed by atoms with van der Waals surface area (Å²) < 4.78 is 27.5. The normalized spacial score (nSPS) is 18.0. The van der Waals surface area contributed by atoms with E-state index >= 15 is 0 Å². The molecule has 0 aromatic heterocycles. The third kappa shape index (κ3) is 5.98. The number of benzene rings is 3. The second kappa shape index (κ2) is 10.6. The van der Waals surface area contributed by atoms with E-state index in [1.165, 1.54) is 42.5 Å². The average molecular weight is 595 g/mol. The standard InChI is InChI=1S/C24H15Cl5F2N2O3/c25-12-7-11(8-13(26)9-12)19-20(24(19,28)29)22(35)33-15-3-6-18(27)17(10-15)21(34)32-14-1-4-16(5-2-14)36-23(30)31/h1-10,19-20,23H,(H,32,34)(H,33,35). The predicted octanol–water partition coefficient (Wildman–Crippen LogP) is 8.03. The lowest BCUT2D eigenvalue weighted by Crippen LogP contribution is -2.18. The Morgan fingerprint density at radius 1 is 0.861 bits per heavy atom. The van der Waals surface area contributed by atoms with Crippen molar-refractivity contribution in [3.05, 3.63) is 86.9 Å². The number of anilines is 2. The van der Waals surface area contributed by atoms with Gasteiger partial charge in [0, 0.05) is 27.3 Å². The molecular formula is C24H15Cl5F2N2O3. The van der Waals surface area contributed by atoms with Crippen molar-refractivity contribution in [3.63, 3.8) is 0 Å². The molecule has 3 aromatic rings. The highest BCUT2D eigenvalue weighted by molar-refractivity contribution is 6.53. The van der Waals surface area contributed by atoms with Crippen LogP contribution in [0, 0.1) is 5.92 Å². The fourth-order valence-corrected chi connectivity index (χ4v) is 5.31. The van der Waals surface area contributed by atoms with Gasteiger partial charge in [0.1, 0.15) is 10.1 Å². The van der Waals surface area contributed by atoms with Gasteiger partial charge in [0.2, 0.25) is 5.91 Å². The first-order valence-corrected chi connectivity index (χ1v) is 12.1. The SMILES string of the molecule is O=C(Nc1ccc(OC(F)F)cc1)c1cc(NC(=O)C2C(c3cc(Cl)cc(Cl)c3)C2(Cl)Cl)ccc1Cl. The number of nitrogens with one attached hydrogen (secondary N) is 2. The van der Waals surface area contributed by atoms with Gasteiger partial charge < -0.3 is 15.4 Å². The third-order valence-electron chi connectivity index (χ3n) is 5.40. The van der Waals surface area contributed by atoms with E-state index in [0.29, 0.717) is 21.3 Å². The lowest BCUT2D eigenvalue weighted by Gasteiger charge is -2.11. The topological polar surface area (TPSA) is 67.4 Å². The molecule has 1 aliphatic carbocycles. The minimum Gasteiger partial charge on any atom is -0.435 e. The second-order valence-electron chi connectivity index (χ2n) is 7.87. The Morgan fingerprint density at radius 2 is 1.47 bits per heavy atom. The van der Waals surface area contributed by atoms with Crippen LogP contribution in [0.1, 0.15) is 21.8 Å². The second-order valence-corrected chi connectivity index (χ2v) is 10.6. The van der Waals surface area contributed by atoms with E-state index in [9.17, 15) is 18.4 Å². The molecule has 0 heterocycles. The van der Waals surface area contributed by atoms with Gasteiger partial charge in [-0.2, -0.15) is 8.78 Å². The Morgan fingerprint density at radius 3 is 2.08 bits per heavy atom. The molecule has 0 saturated heterocycles. The molecule has 0 bridgehead atoms. The molecule has 1 saturated carbocycles. The van der Waals surface area contributed by atoms with Gasteiger partial charge in [0.15, 0.2) is 0 Å². The zero-order chi connectivity index (χ0) is 26.2. The number of amides is 2. The number of halogens is 7. The summed E-state index contributed by atoms with van der Waals surface area (Å²) in [6.45, 7) is -2.96. The summed E-state index contributed by atoms with van der Waals surface area (Å²) in [5, 5.41) is 6.20. The van der Waals surface area contributed by atoms with Crippen molar-refractivity contribution < 1.29 is 23.1 Å². The van der Waals surface area contributed by atoms with Gasteiger partial charge in [-0.15, -0.1) is 23.2 Å². The Kier molecular flexibility index (Phi) is 7.88. The Bertz CT molecular complexity index is 1300. The van der Waals surface area contributed by atoms with Crippen LogP contribution in [-0.4, -0.2) is 22.8 Å². The highest BCUT2D eigenvalue weighted by atomic mass is 35.5. The fraction of sp³-hybridized carbons (Fsp3) is 0.167. The van der Waals surface area contributed by atoms with Gasteiger partial charge in [-0.1, -0.05) is 34.8 Å². The zero-order valence-corrected chi connectivity index (χ0v) is 21.7. The van der Waals surface area contributed by atoms with Crippen molar-refractivity contribution in [1.29, 1.82) is 0 Å². The molecule has 12 heteroatoms. The maximum atomic E-state index is 13.0. The van der Waals surface area contributed by atoms with E-state index in [2.05, 4.69) is 15.4 Å². The summed E-state index contributed by atoms with van der Waals surface area (Å²) in [4.78, 5) is 25.7. The summed E-state index contributed by atoms with van der Waals surface area (Å²) in [6.07, 6.45) is 0. The van der Waals surface area contributed by atoms with E-state index in [1.54, 1.807) is 18.2 Å². The lowest BCUT2D eigenvalue weighted by molar-refractivity contribution is -0.117. The molecule has 2 N–H and O–H groups in total. The van der Waals surface area contributed by atoms with Crippen LogP contribution in [0.4, 0.5) is 20.2 Å². The number of alkyl halides is 4. The molecule has 1 aliphatic rings. The summed E-state index contributed by atoms with van der Waals surface area (Å²) >= 11 is 31.1. The number of ether oxygens (including phenoxy) is 1. The van der Waals surface area contributed by atoms with Crippen LogP contribution in [-0.2, 0) is 4.79 Å². The molecule has 188 valence electrons. The minimum atomic E-state index is -2.96. The Hall–Kier alpha value is -2.29. The number of carbonyl (C=O) groups excluding carboxylic acids is 2. The first-order valence-electron chi connectivity index (χ1n) is 10.3. The number of hydrogen-bond acceptors (Lipinski definition) is 3. The lowest BCUT2D eigenvalue weighted by atomic mass is 10.1. The van der Waals surface area contributed by atoms with Gasteiger partial charge in [-0.05, 0) is 66.2 Å². The summed E-state index contributed by atoms with van der Waals surface area (Å²) in [7, 11) is 0. The van der Waals surface area contributed by atoms with Crippen molar-refractivity contribution in [2.75, 3.05) is 10.6 Å². The van der Waals surface area contributed by atoms with Gasteiger partial charge in [0.05, 0.1) is 16.5 Å². The van der Waals surface area contributed by atoms with Crippen LogP contribution >= 0.6 is 58.0 Å². The Labute approximate surface area is 229 Å². The maximum absolute atomic E-state index is 13.0. The fourth-order valence-electron chi connectivity index (χ4n) is 3.74. The molecular weight excluding hydrogens is 580 g/mol. The number of hydrogen-bond donors (Lipinski definition) is 2. The predicted molar refractivity (Wildman–Crippen MR) is 138 cm³/mol. The van der Waals surface area contributed by atoms with Crippen LogP contribution in [0.2, 0.25) is 15.1 Å². The van der Waals surface area contributed by atoms with Crippen molar-refractivity contribution in [3.8, 4) is 5.75 Å². The molecule has 1 fully saturated rings. The van der Waals surface area contributed by atoms with Crippen molar-refractivity contribution >= 4 is 81.2 Å². The highest BCUT2D eigenvalue weighted by Crippen LogP contribution is 2.65. The molecule has 2 unspecified atom stereocenters. The maximum Gasteiger partial charge on any atom is 0.387 e. The largest absolute Gasteiger partial charge is 0.435 e. The molecule has 2 amide bonds. The first kappa shape index (κ1) is 26.8. The van der Waals surface area contributed by atoms with Gasteiger partial charge >= 0.3 is 6.61 Å². The molecule has 2 atom stereocenters. The van der Waals surface area contributed by atoms with E-state index in [1.807, 2.05) is 0 Å². The average Bonchev–Trinajstić information content (AvgIpc) is 3.37. The number of rotatable bonds is 7. The van der Waals surface area contributed by atoms with E-state index in [4.69, 9.17) is 58.0 Å². The highest BCUT2D eigenvalue weighted by Gasteiger charge is 2.67. The van der Waals surface area contributed by atoms with E-state index < -0.39 is 34.6 Å². The molecule has 4 rings (SSSR count). The summed E-state index contributed by atoms with van der Waals surface area (Å²) in [5.74, 6) is -2.44. The minimum absolute atomic E-state index is 0.0566. The molecule has 5 nitrogen and oxygen atoms in total. The summed E-state index contributed by atoms with van der Waals surface area (Å²) in [5.41, 5.74) is 1.30. The molecule has 3 aromatic carbocycles. The quantitative estimate of drug-likeness (QED) is 0.272. The summed E-state index contributed by atoms with van der Waals surface area (Å²) in [6, 6.07) is 14.5. The van der Waals surface area contributed by atoms with Gasteiger partial charge in [-0.25, -0.2) is 0 Å². The molecule has 0 spiro atoms. The Balaban J connectivity index is 1.46. The van der Waals surface area contributed by atoms with Crippen molar-refractivity contribution in [1.82, 2.24) is 0 Å². The molecule has 0 radical (unpaired) electrons. The van der Waals surface area contributed by atoms with Crippen molar-refractivity contribution in [2.24, 2.45) is 5.92 Å². The first-order chi connectivity index (χ1) is 17.0. The van der Waals surface area contributed by atoms with E-state index in [-0.39, 0.29) is 22.0 Å². The third-order valence-corrected chi connectivity index (χ3v) is 7.10.